The molecule has 88 valence electrons. The molecule has 2 nitrogen and oxygen atoms in total. The maximum atomic E-state index is 10.7. The Hall–Kier alpha value is -1.02. The molecule has 0 unspecified atom stereocenters. The first kappa shape index (κ1) is 13.0. The van der Waals surface area contributed by atoms with Gasteiger partial charge in [0, 0.05) is 0 Å². The quantitative estimate of drug-likeness (QED) is 0.754. The van der Waals surface area contributed by atoms with E-state index in [2.05, 4.69) is 20.8 Å². The molecule has 0 saturated carbocycles. The third-order valence-electron chi connectivity index (χ3n) is 2.03. The van der Waals surface area contributed by atoms with E-state index in [1.807, 2.05) is 24.3 Å². The zero-order valence-electron chi connectivity index (χ0n) is 9.92. The lowest BCUT2D eigenvalue weighted by molar-refractivity contribution is -0.113. The van der Waals surface area contributed by atoms with Crippen molar-refractivity contribution in [3.05, 3.63) is 29.8 Å². The average molecular weight is 241 g/mol. The van der Waals surface area contributed by atoms with Gasteiger partial charge >= 0.3 is 0 Å². The van der Waals surface area contributed by atoms with E-state index in [1.54, 1.807) is 0 Å². The van der Waals surface area contributed by atoms with Gasteiger partial charge in [-0.1, -0.05) is 39.0 Å². The Morgan fingerprint density at radius 1 is 1.31 bits per heavy atom. The Morgan fingerprint density at radius 3 is 2.50 bits per heavy atom. The smallest absolute Gasteiger partial charge is 0.259 e. The minimum atomic E-state index is -0.481. The second-order valence-corrected chi connectivity index (χ2v) is 5.41. The first-order chi connectivity index (χ1) is 7.38. The summed E-state index contributed by atoms with van der Waals surface area (Å²) in [6.07, 6.45) is 0.902. The van der Waals surface area contributed by atoms with Gasteiger partial charge in [-0.2, -0.15) is 0 Å². The first-order valence-electron chi connectivity index (χ1n) is 5.27. The predicted octanol–water partition coefficient (Wildman–Crippen LogP) is 3.42. The van der Waals surface area contributed by atoms with E-state index in [-0.39, 0.29) is 12.0 Å². The summed E-state index contributed by atoms with van der Waals surface area (Å²) < 4.78 is 5.36. The Labute approximate surface area is 102 Å². The van der Waals surface area contributed by atoms with Crippen molar-refractivity contribution in [2.45, 2.75) is 27.2 Å². The van der Waals surface area contributed by atoms with Gasteiger partial charge in [0.15, 0.2) is 6.61 Å². The molecular formula is C13H17ClO2. The highest BCUT2D eigenvalue weighted by Gasteiger charge is 2.14. The monoisotopic (exact) mass is 240 g/mol. The summed E-state index contributed by atoms with van der Waals surface area (Å²) in [7, 11) is 0. The highest BCUT2D eigenvalue weighted by molar-refractivity contribution is 6.63. The number of carbonyl (C=O) groups excluding carboxylic acids is 1. The molecule has 0 saturated heterocycles. The molecule has 1 aromatic carbocycles. The molecule has 0 atom stereocenters. The SMILES string of the molecule is CC(C)(C)Cc1ccccc1OCC(=O)Cl. The van der Waals surface area contributed by atoms with Gasteiger partial charge in [0.25, 0.3) is 5.24 Å². The molecule has 0 amide bonds. The molecule has 0 aliphatic carbocycles. The van der Waals surface area contributed by atoms with Crippen LogP contribution >= 0.6 is 11.6 Å². The van der Waals surface area contributed by atoms with E-state index < -0.39 is 5.24 Å². The lowest BCUT2D eigenvalue weighted by atomic mass is 9.88. The first-order valence-corrected chi connectivity index (χ1v) is 5.65. The second kappa shape index (κ2) is 5.35. The normalized spacial score (nSPS) is 11.2. The molecule has 0 fully saturated rings. The van der Waals surface area contributed by atoms with Gasteiger partial charge in [0.2, 0.25) is 0 Å². The van der Waals surface area contributed by atoms with Crippen molar-refractivity contribution in [3.63, 3.8) is 0 Å². The van der Waals surface area contributed by atoms with Crippen LogP contribution in [0.25, 0.3) is 0 Å². The van der Waals surface area contributed by atoms with Gasteiger partial charge in [-0.25, -0.2) is 0 Å². The van der Waals surface area contributed by atoms with E-state index >= 15 is 0 Å². The average Bonchev–Trinajstić information content (AvgIpc) is 2.14. The minimum absolute atomic E-state index is 0.0806. The maximum Gasteiger partial charge on any atom is 0.259 e. The third-order valence-corrected chi connectivity index (χ3v) is 2.14. The molecule has 0 aliphatic rings. The number of ether oxygens (including phenoxy) is 1. The van der Waals surface area contributed by atoms with Crippen molar-refractivity contribution in [3.8, 4) is 5.75 Å². The van der Waals surface area contributed by atoms with E-state index in [1.165, 1.54) is 0 Å². The van der Waals surface area contributed by atoms with E-state index in [0.717, 1.165) is 17.7 Å². The molecule has 0 spiro atoms. The zero-order chi connectivity index (χ0) is 12.2. The number of rotatable bonds is 4. The fourth-order valence-electron chi connectivity index (χ4n) is 1.50. The van der Waals surface area contributed by atoms with Crippen LogP contribution in [-0.4, -0.2) is 11.8 Å². The molecule has 1 rings (SSSR count). The third kappa shape index (κ3) is 4.67. The molecular weight excluding hydrogens is 224 g/mol. The molecule has 16 heavy (non-hydrogen) atoms. The standard InChI is InChI=1S/C13H17ClO2/c1-13(2,3)8-10-6-4-5-7-11(10)16-9-12(14)15/h4-7H,8-9H2,1-3H3. The summed E-state index contributed by atoms with van der Waals surface area (Å²) in [5, 5.41) is -0.481. The van der Waals surface area contributed by atoms with Crippen molar-refractivity contribution >= 4 is 16.8 Å². The summed E-state index contributed by atoms with van der Waals surface area (Å²) >= 11 is 5.25. The summed E-state index contributed by atoms with van der Waals surface area (Å²) in [5.74, 6) is 0.742. The lowest BCUT2D eigenvalue weighted by Crippen LogP contribution is -2.12. The van der Waals surface area contributed by atoms with Crippen LogP contribution in [-0.2, 0) is 11.2 Å². The fraction of sp³-hybridized carbons (Fsp3) is 0.462. The van der Waals surface area contributed by atoms with Crippen LogP contribution in [0.2, 0.25) is 0 Å². The Balaban J connectivity index is 2.79. The van der Waals surface area contributed by atoms with Gasteiger partial charge in [-0.05, 0) is 35.1 Å². The molecule has 0 bridgehead atoms. The van der Waals surface area contributed by atoms with Crippen LogP contribution in [0.15, 0.2) is 24.3 Å². The number of hydrogen-bond acceptors (Lipinski definition) is 2. The van der Waals surface area contributed by atoms with Gasteiger partial charge in [-0.3, -0.25) is 4.79 Å². The molecule has 0 radical (unpaired) electrons. The minimum Gasteiger partial charge on any atom is -0.484 e. The molecule has 3 heteroatoms. The van der Waals surface area contributed by atoms with Gasteiger partial charge in [0.1, 0.15) is 5.75 Å². The molecule has 1 aromatic rings. The highest BCUT2D eigenvalue weighted by Crippen LogP contribution is 2.27. The Bertz CT molecular complexity index is 366. The van der Waals surface area contributed by atoms with Gasteiger partial charge in [0.05, 0.1) is 0 Å². The van der Waals surface area contributed by atoms with Crippen molar-refractivity contribution in [1.82, 2.24) is 0 Å². The molecule has 0 heterocycles. The van der Waals surface area contributed by atoms with Crippen LogP contribution in [0.5, 0.6) is 5.75 Å². The topological polar surface area (TPSA) is 26.3 Å². The number of para-hydroxylation sites is 1. The fourth-order valence-corrected chi connectivity index (χ4v) is 1.55. The zero-order valence-corrected chi connectivity index (χ0v) is 10.7. The van der Waals surface area contributed by atoms with Gasteiger partial charge in [-0.15, -0.1) is 0 Å². The van der Waals surface area contributed by atoms with Crippen molar-refractivity contribution in [2.75, 3.05) is 6.61 Å². The molecule has 0 aliphatic heterocycles. The lowest BCUT2D eigenvalue weighted by Gasteiger charge is -2.20. The van der Waals surface area contributed by atoms with Crippen molar-refractivity contribution < 1.29 is 9.53 Å². The van der Waals surface area contributed by atoms with Crippen LogP contribution < -0.4 is 4.74 Å². The second-order valence-electron chi connectivity index (χ2n) is 4.99. The summed E-state index contributed by atoms with van der Waals surface area (Å²) in [5.41, 5.74) is 1.29. The van der Waals surface area contributed by atoms with Crippen molar-refractivity contribution in [2.24, 2.45) is 5.41 Å². The molecule has 0 N–H and O–H groups in total. The van der Waals surface area contributed by atoms with E-state index in [9.17, 15) is 4.79 Å². The highest BCUT2D eigenvalue weighted by atomic mass is 35.5. The van der Waals surface area contributed by atoms with Crippen LogP contribution in [0.3, 0.4) is 0 Å². The number of benzene rings is 1. The summed E-state index contributed by atoms with van der Waals surface area (Å²) in [6.45, 7) is 6.41. The van der Waals surface area contributed by atoms with Crippen LogP contribution in [0, 0.1) is 5.41 Å². The summed E-state index contributed by atoms with van der Waals surface area (Å²) in [4.78, 5) is 10.7. The van der Waals surface area contributed by atoms with E-state index in [4.69, 9.17) is 16.3 Å². The maximum absolute atomic E-state index is 10.7. The largest absolute Gasteiger partial charge is 0.484 e. The predicted molar refractivity (Wildman–Crippen MR) is 66.0 cm³/mol. The Morgan fingerprint density at radius 2 is 1.94 bits per heavy atom. The van der Waals surface area contributed by atoms with Crippen LogP contribution in [0.4, 0.5) is 0 Å². The van der Waals surface area contributed by atoms with Crippen molar-refractivity contribution in [1.29, 1.82) is 0 Å². The van der Waals surface area contributed by atoms with E-state index in [0.29, 0.717) is 0 Å². The Kier molecular flexibility index (Phi) is 4.36. The molecule has 0 aromatic heterocycles. The number of halogens is 1. The number of carbonyl (C=O) groups is 1. The summed E-state index contributed by atoms with van der Waals surface area (Å²) in [6, 6.07) is 7.73. The van der Waals surface area contributed by atoms with Gasteiger partial charge < -0.3 is 4.74 Å². The number of hydrogen-bond donors (Lipinski definition) is 0. The van der Waals surface area contributed by atoms with Crippen LogP contribution in [0.1, 0.15) is 26.3 Å².